The number of carboxylic acids is 1. The van der Waals surface area contributed by atoms with Crippen LogP contribution in [0, 0.1) is 0 Å². The summed E-state index contributed by atoms with van der Waals surface area (Å²) in [6, 6.07) is 8.69. The summed E-state index contributed by atoms with van der Waals surface area (Å²) in [6.45, 7) is 3.52. The van der Waals surface area contributed by atoms with Gasteiger partial charge in [0.05, 0.1) is 0 Å². The van der Waals surface area contributed by atoms with Crippen molar-refractivity contribution in [1.29, 1.82) is 0 Å². The molecule has 1 aromatic rings. The van der Waals surface area contributed by atoms with Gasteiger partial charge >= 0.3 is 12.1 Å². The Hall–Kier alpha value is -2.30. The van der Waals surface area contributed by atoms with E-state index in [0.717, 1.165) is 0 Å². The van der Waals surface area contributed by atoms with Crippen LogP contribution in [0.3, 0.4) is 0 Å². The van der Waals surface area contributed by atoms with E-state index < -0.39 is 17.6 Å². The second-order valence-electron chi connectivity index (χ2n) is 4.37. The van der Waals surface area contributed by atoms with Crippen LogP contribution in [0.2, 0.25) is 0 Å². The third-order valence-corrected chi connectivity index (χ3v) is 3.07. The van der Waals surface area contributed by atoms with Crippen molar-refractivity contribution in [2.24, 2.45) is 0 Å². The van der Waals surface area contributed by atoms with Crippen molar-refractivity contribution < 1.29 is 19.4 Å². The number of anilines is 1. The molecule has 0 atom stereocenters. The number of aliphatic carboxylic acids is 1. The van der Waals surface area contributed by atoms with Gasteiger partial charge in [0.1, 0.15) is 12.1 Å². The molecule has 0 aromatic heterocycles. The fourth-order valence-corrected chi connectivity index (χ4v) is 1.95. The van der Waals surface area contributed by atoms with Crippen molar-refractivity contribution in [2.45, 2.75) is 18.4 Å². The molecule has 0 radical (unpaired) electrons. The summed E-state index contributed by atoms with van der Waals surface area (Å²) in [5.74, 6) is -1.01. The molecular weight excluding hydrogens is 246 g/mol. The Labute approximate surface area is 111 Å². The number of carboxylic acid groups (broad SMARTS) is 1. The number of carbonyl (C=O) groups excluding carboxylic acids is 1. The van der Waals surface area contributed by atoms with Crippen molar-refractivity contribution in [3.63, 3.8) is 0 Å². The van der Waals surface area contributed by atoms with Gasteiger partial charge in [-0.2, -0.15) is 0 Å². The van der Waals surface area contributed by atoms with Gasteiger partial charge in [-0.05, 0) is 25.0 Å². The molecule has 19 heavy (non-hydrogen) atoms. The minimum Gasteiger partial charge on any atom is -0.479 e. The zero-order chi connectivity index (χ0) is 13.9. The number of benzene rings is 1. The van der Waals surface area contributed by atoms with E-state index in [1.165, 1.54) is 11.0 Å². The molecule has 0 saturated heterocycles. The first-order valence-electron chi connectivity index (χ1n) is 5.98. The van der Waals surface area contributed by atoms with Crippen LogP contribution in [-0.2, 0) is 9.53 Å². The van der Waals surface area contributed by atoms with Crippen molar-refractivity contribution in [3.8, 4) is 0 Å². The van der Waals surface area contributed by atoms with Gasteiger partial charge in [-0.25, -0.2) is 9.59 Å². The number of nitrogens with zero attached hydrogens (tertiary/aromatic N) is 1. The maximum atomic E-state index is 12.1. The SMILES string of the molecule is C=CCOC(=O)N(c1ccccc1)C1(C(=O)O)CC1. The highest BCUT2D eigenvalue weighted by Crippen LogP contribution is 2.44. The van der Waals surface area contributed by atoms with Crippen molar-refractivity contribution >= 4 is 17.7 Å². The third kappa shape index (κ3) is 2.45. The Kier molecular flexibility index (Phi) is 3.55. The third-order valence-electron chi connectivity index (χ3n) is 3.07. The minimum atomic E-state index is -1.17. The first-order valence-corrected chi connectivity index (χ1v) is 5.98. The molecule has 1 aromatic carbocycles. The van der Waals surface area contributed by atoms with E-state index in [0.29, 0.717) is 18.5 Å². The van der Waals surface area contributed by atoms with E-state index in [2.05, 4.69) is 6.58 Å². The van der Waals surface area contributed by atoms with Gasteiger partial charge in [0.25, 0.3) is 0 Å². The van der Waals surface area contributed by atoms with Crippen molar-refractivity contribution in [2.75, 3.05) is 11.5 Å². The van der Waals surface area contributed by atoms with E-state index in [-0.39, 0.29) is 6.61 Å². The lowest BCUT2D eigenvalue weighted by atomic mass is 10.2. The molecule has 0 unspecified atom stereocenters. The van der Waals surface area contributed by atoms with Crippen LogP contribution in [0.5, 0.6) is 0 Å². The summed E-state index contributed by atoms with van der Waals surface area (Å²) in [4.78, 5) is 24.7. The quantitative estimate of drug-likeness (QED) is 0.827. The van der Waals surface area contributed by atoms with Crippen molar-refractivity contribution in [3.05, 3.63) is 43.0 Å². The van der Waals surface area contributed by atoms with Gasteiger partial charge in [-0.3, -0.25) is 4.90 Å². The smallest absolute Gasteiger partial charge is 0.415 e. The molecule has 2 rings (SSSR count). The summed E-state index contributed by atoms with van der Waals surface area (Å²) in [6.07, 6.45) is 1.65. The number of hydrogen-bond acceptors (Lipinski definition) is 3. The highest BCUT2D eigenvalue weighted by molar-refractivity contribution is 6.00. The second kappa shape index (κ2) is 5.14. The topological polar surface area (TPSA) is 66.8 Å². The summed E-state index contributed by atoms with van der Waals surface area (Å²) >= 11 is 0. The summed E-state index contributed by atoms with van der Waals surface area (Å²) in [5, 5.41) is 9.34. The zero-order valence-corrected chi connectivity index (χ0v) is 10.4. The standard InChI is InChI=1S/C14H15NO4/c1-2-10-19-13(18)15(11-6-4-3-5-7-11)14(8-9-14)12(16)17/h2-7H,1,8-10H2,(H,16,17). The summed E-state index contributed by atoms with van der Waals surface area (Å²) < 4.78 is 4.99. The average Bonchev–Trinajstić information content (AvgIpc) is 3.19. The van der Waals surface area contributed by atoms with E-state index in [9.17, 15) is 14.7 Å². The van der Waals surface area contributed by atoms with Gasteiger partial charge in [0.15, 0.2) is 0 Å². The Balaban J connectivity index is 2.32. The number of hydrogen-bond donors (Lipinski definition) is 1. The predicted octanol–water partition coefficient (Wildman–Crippen LogP) is 2.43. The van der Waals surface area contributed by atoms with Gasteiger partial charge in [-0.1, -0.05) is 30.9 Å². The lowest BCUT2D eigenvalue weighted by Gasteiger charge is -2.28. The van der Waals surface area contributed by atoms with Crippen LogP contribution in [0.1, 0.15) is 12.8 Å². The Morgan fingerprint density at radius 1 is 1.37 bits per heavy atom. The molecule has 100 valence electrons. The number of amides is 1. The second-order valence-corrected chi connectivity index (χ2v) is 4.37. The lowest BCUT2D eigenvalue weighted by Crippen LogP contribution is -2.48. The zero-order valence-electron chi connectivity index (χ0n) is 10.4. The van der Waals surface area contributed by atoms with Gasteiger partial charge < -0.3 is 9.84 Å². The number of rotatable bonds is 5. The molecule has 5 heteroatoms. The van der Waals surface area contributed by atoms with E-state index in [1.807, 2.05) is 0 Å². The van der Waals surface area contributed by atoms with Crippen LogP contribution in [0.4, 0.5) is 10.5 Å². The van der Waals surface area contributed by atoms with Crippen LogP contribution in [-0.4, -0.2) is 29.3 Å². The molecule has 0 spiro atoms. The highest BCUT2D eigenvalue weighted by Gasteiger charge is 2.58. The van der Waals surface area contributed by atoms with E-state index in [4.69, 9.17) is 4.74 Å². The Morgan fingerprint density at radius 3 is 2.47 bits per heavy atom. The normalized spacial score (nSPS) is 15.4. The van der Waals surface area contributed by atoms with Gasteiger partial charge in [0, 0.05) is 5.69 Å². The molecule has 1 N–H and O–H groups in total. The maximum Gasteiger partial charge on any atom is 0.415 e. The Morgan fingerprint density at radius 2 is 2.00 bits per heavy atom. The number of ether oxygens (including phenoxy) is 1. The first kappa shape index (κ1) is 13.1. The van der Waals surface area contributed by atoms with E-state index in [1.54, 1.807) is 30.3 Å². The van der Waals surface area contributed by atoms with Gasteiger partial charge in [0.2, 0.25) is 0 Å². The average molecular weight is 261 g/mol. The Bertz CT molecular complexity index is 493. The van der Waals surface area contributed by atoms with Crippen LogP contribution in [0.15, 0.2) is 43.0 Å². The predicted molar refractivity (Wildman–Crippen MR) is 70.1 cm³/mol. The first-order chi connectivity index (χ1) is 9.12. The fourth-order valence-electron chi connectivity index (χ4n) is 1.95. The minimum absolute atomic E-state index is 0.0534. The van der Waals surface area contributed by atoms with Crippen molar-refractivity contribution in [1.82, 2.24) is 0 Å². The monoisotopic (exact) mass is 261 g/mol. The summed E-state index contributed by atoms with van der Waals surface area (Å²) in [7, 11) is 0. The molecule has 0 aliphatic heterocycles. The molecule has 1 saturated carbocycles. The molecule has 1 aliphatic carbocycles. The largest absolute Gasteiger partial charge is 0.479 e. The lowest BCUT2D eigenvalue weighted by molar-refractivity contribution is -0.139. The molecule has 0 heterocycles. The van der Waals surface area contributed by atoms with Crippen LogP contribution < -0.4 is 4.90 Å². The van der Waals surface area contributed by atoms with E-state index >= 15 is 0 Å². The highest BCUT2D eigenvalue weighted by atomic mass is 16.6. The number of para-hydroxylation sites is 1. The maximum absolute atomic E-state index is 12.1. The molecule has 1 aliphatic rings. The molecular formula is C14H15NO4. The fraction of sp³-hybridized carbons (Fsp3) is 0.286. The molecule has 1 fully saturated rings. The summed E-state index contributed by atoms with van der Waals surface area (Å²) in [5.41, 5.74) is -0.643. The molecule has 5 nitrogen and oxygen atoms in total. The molecule has 1 amide bonds. The molecule has 0 bridgehead atoms. The van der Waals surface area contributed by atoms with Gasteiger partial charge in [-0.15, -0.1) is 0 Å². The van der Waals surface area contributed by atoms with Crippen LogP contribution in [0.25, 0.3) is 0 Å². The van der Waals surface area contributed by atoms with Crippen LogP contribution >= 0.6 is 0 Å². The number of carbonyl (C=O) groups is 2.